The van der Waals surface area contributed by atoms with Crippen molar-refractivity contribution in [3.63, 3.8) is 0 Å². The van der Waals surface area contributed by atoms with Crippen LogP contribution in [-0.2, 0) is 0 Å². The molecule has 0 saturated heterocycles. The predicted octanol–water partition coefficient (Wildman–Crippen LogP) is 5.32. The van der Waals surface area contributed by atoms with Gasteiger partial charge in [-0.05, 0) is 54.8 Å². The molecular weight excluding hydrogens is 344 g/mol. The van der Waals surface area contributed by atoms with Crippen molar-refractivity contribution in [3.05, 3.63) is 93.4 Å². The fourth-order valence-electron chi connectivity index (χ4n) is 3.25. The molecule has 0 aliphatic carbocycles. The lowest BCUT2D eigenvalue weighted by Crippen LogP contribution is -2.21. The summed E-state index contributed by atoms with van der Waals surface area (Å²) in [4.78, 5) is 12.9. The molecule has 0 aliphatic heterocycles. The van der Waals surface area contributed by atoms with Gasteiger partial charge >= 0.3 is 0 Å². The maximum absolute atomic E-state index is 12.9. The zero-order valence-corrected chi connectivity index (χ0v) is 15.3. The van der Waals surface area contributed by atoms with Crippen molar-refractivity contribution in [2.45, 2.75) is 13.8 Å². The number of hydrogen-bond acceptors (Lipinski definition) is 2. The minimum absolute atomic E-state index is 0.178. The Balaban J connectivity index is 1.88. The van der Waals surface area contributed by atoms with Crippen LogP contribution < -0.4 is 5.56 Å². The van der Waals surface area contributed by atoms with E-state index in [4.69, 9.17) is 11.6 Å². The Labute approximate surface area is 156 Å². The third-order valence-electron chi connectivity index (χ3n) is 4.56. The SMILES string of the molecule is Cc1ccc(-c2ccc3c(=O)n(-c4ccccc4Cl)ncc3c2)c(C)c1. The Bertz CT molecular complexity index is 1190. The van der Waals surface area contributed by atoms with Gasteiger partial charge in [0, 0.05) is 5.39 Å². The van der Waals surface area contributed by atoms with Crippen molar-refractivity contribution in [3.8, 4) is 16.8 Å². The first-order valence-corrected chi connectivity index (χ1v) is 8.77. The molecule has 0 spiro atoms. The maximum Gasteiger partial charge on any atom is 0.279 e. The van der Waals surface area contributed by atoms with E-state index in [9.17, 15) is 4.79 Å². The van der Waals surface area contributed by atoms with Gasteiger partial charge in [-0.1, -0.05) is 53.6 Å². The van der Waals surface area contributed by atoms with Crippen LogP contribution in [0.1, 0.15) is 11.1 Å². The molecule has 0 atom stereocenters. The van der Waals surface area contributed by atoms with E-state index in [0.717, 1.165) is 16.5 Å². The zero-order chi connectivity index (χ0) is 18.3. The van der Waals surface area contributed by atoms with Gasteiger partial charge in [0.05, 0.1) is 22.3 Å². The Morgan fingerprint density at radius 2 is 1.77 bits per heavy atom. The van der Waals surface area contributed by atoms with Crippen LogP contribution in [0.15, 0.2) is 71.7 Å². The lowest BCUT2D eigenvalue weighted by Gasteiger charge is -2.10. The van der Waals surface area contributed by atoms with E-state index in [-0.39, 0.29) is 5.56 Å². The van der Waals surface area contributed by atoms with Gasteiger partial charge in [-0.2, -0.15) is 9.78 Å². The van der Waals surface area contributed by atoms with Crippen LogP contribution >= 0.6 is 11.6 Å². The van der Waals surface area contributed by atoms with Gasteiger partial charge in [-0.3, -0.25) is 4.79 Å². The summed E-state index contributed by atoms with van der Waals surface area (Å²) in [5.41, 5.74) is 5.08. The summed E-state index contributed by atoms with van der Waals surface area (Å²) in [6.45, 7) is 4.18. The highest BCUT2D eigenvalue weighted by atomic mass is 35.5. The fraction of sp³-hybridized carbons (Fsp3) is 0.0909. The maximum atomic E-state index is 12.9. The van der Waals surface area contributed by atoms with Gasteiger partial charge in [0.1, 0.15) is 0 Å². The first kappa shape index (κ1) is 16.6. The molecule has 0 aliphatic rings. The largest absolute Gasteiger partial charge is 0.279 e. The first-order chi connectivity index (χ1) is 12.5. The van der Waals surface area contributed by atoms with E-state index in [0.29, 0.717) is 16.1 Å². The Morgan fingerprint density at radius 3 is 2.54 bits per heavy atom. The Hall–Kier alpha value is -2.91. The number of halogens is 1. The van der Waals surface area contributed by atoms with E-state index in [2.05, 4.69) is 37.1 Å². The van der Waals surface area contributed by atoms with Gasteiger partial charge in [-0.25, -0.2) is 0 Å². The monoisotopic (exact) mass is 360 g/mol. The summed E-state index contributed by atoms with van der Waals surface area (Å²) < 4.78 is 1.35. The van der Waals surface area contributed by atoms with E-state index in [1.54, 1.807) is 18.3 Å². The molecule has 0 amide bonds. The van der Waals surface area contributed by atoms with E-state index in [1.807, 2.05) is 30.3 Å². The summed E-state index contributed by atoms with van der Waals surface area (Å²) in [5, 5.41) is 6.26. The molecule has 0 saturated carbocycles. The first-order valence-electron chi connectivity index (χ1n) is 8.39. The van der Waals surface area contributed by atoms with Crippen LogP contribution in [0.25, 0.3) is 27.6 Å². The number of benzene rings is 3. The molecule has 128 valence electrons. The molecule has 1 heterocycles. The number of para-hydroxylation sites is 1. The van der Waals surface area contributed by atoms with Crippen LogP contribution in [-0.4, -0.2) is 9.78 Å². The van der Waals surface area contributed by atoms with E-state index in [1.165, 1.54) is 15.8 Å². The number of hydrogen-bond donors (Lipinski definition) is 0. The molecular formula is C22H17ClN2O. The standard InChI is InChI=1S/C22H17ClN2O/c1-14-7-9-18(15(2)11-14)16-8-10-19-17(12-16)13-24-25(22(19)26)21-6-4-3-5-20(21)23/h3-13H,1-2H3. The molecule has 4 rings (SSSR count). The molecule has 26 heavy (non-hydrogen) atoms. The number of nitrogens with zero attached hydrogens (tertiary/aromatic N) is 2. The summed E-state index contributed by atoms with van der Waals surface area (Å²) in [5.74, 6) is 0. The fourth-order valence-corrected chi connectivity index (χ4v) is 3.47. The third kappa shape index (κ3) is 2.80. The molecule has 4 heteroatoms. The normalized spacial score (nSPS) is 11.0. The van der Waals surface area contributed by atoms with Gasteiger partial charge in [0.2, 0.25) is 0 Å². The highest BCUT2D eigenvalue weighted by molar-refractivity contribution is 6.32. The van der Waals surface area contributed by atoms with Crippen LogP contribution in [0.4, 0.5) is 0 Å². The topological polar surface area (TPSA) is 34.9 Å². The quantitative estimate of drug-likeness (QED) is 0.484. The molecule has 4 aromatic rings. The second kappa shape index (κ2) is 6.43. The molecule has 1 aromatic heterocycles. The van der Waals surface area contributed by atoms with Crippen LogP contribution in [0, 0.1) is 13.8 Å². The highest BCUT2D eigenvalue weighted by Gasteiger charge is 2.10. The molecule has 0 bridgehead atoms. The van der Waals surface area contributed by atoms with Gasteiger partial charge < -0.3 is 0 Å². The van der Waals surface area contributed by atoms with Crippen molar-refractivity contribution in [2.24, 2.45) is 0 Å². The predicted molar refractivity (Wildman–Crippen MR) is 107 cm³/mol. The van der Waals surface area contributed by atoms with E-state index < -0.39 is 0 Å². The second-order valence-corrected chi connectivity index (χ2v) is 6.84. The number of rotatable bonds is 2. The average Bonchev–Trinajstić information content (AvgIpc) is 2.63. The smallest absolute Gasteiger partial charge is 0.267 e. The van der Waals surface area contributed by atoms with Crippen molar-refractivity contribution in [2.75, 3.05) is 0 Å². The number of aromatic nitrogens is 2. The van der Waals surface area contributed by atoms with Crippen molar-refractivity contribution < 1.29 is 0 Å². The highest BCUT2D eigenvalue weighted by Crippen LogP contribution is 2.27. The number of fused-ring (bicyclic) bond motifs is 1. The summed E-state index contributed by atoms with van der Waals surface area (Å²) in [7, 11) is 0. The second-order valence-electron chi connectivity index (χ2n) is 6.43. The minimum Gasteiger partial charge on any atom is -0.267 e. The average molecular weight is 361 g/mol. The molecule has 0 radical (unpaired) electrons. The van der Waals surface area contributed by atoms with Gasteiger partial charge in [0.15, 0.2) is 0 Å². The van der Waals surface area contributed by atoms with Gasteiger partial charge in [0.25, 0.3) is 5.56 Å². The van der Waals surface area contributed by atoms with Crippen molar-refractivity contribution in [1.82, 2.24) is 9.78 Å². The van der Waals surface area contributed by atoms with Crippen LogP contribution in [0.3, 0.4) is 0 Å². The molecule has 3 aromatic carbocycles. The van der Waals surface area contributed by atoms with E-state index >= 15 is 0 Å². The Morgan fingerprint density at radius 1 is 0.962 bits per heavy atom. The van der Waals surface area contributed by atoms with Crippen molar-refractivity contribution >= 4 is 22.4 Å². The molecule has 0 unspecified atom stereocenters. The lowest BCUT2D eigenvalue weighted by atomic mass is 9.97. The minimum atomic E-state index is -0.178. The lowest BCUT2D eigenvalue weighted by molar-refractivity contribution is 0.821. The zero-order valence-electron chi connectivity index (χ0n) is 14.5. The summed E-state index contributed by atoms with van der Waals surface area (Å²) in [6, 6.07) is 19.4. The number of aryl methyl sites for hydroxylation is 2. The molecule has 0 fully saturated rings. The van der Waals surface area contributed by atoms with Gasteiger partial charge in [-0.15, -0.1) is 0 Å². The molecule has 3 nitrogen and oxygen atoms in total. The summed E-state index contributed by atoms with van der Waals surface area (Å²) in [6.07, 6.45) is 1.72. The molecule has 0 N–H and O–H groups in total. The van der Waals surface area contributed by atoms with Crippen molar-refractivity contribution in [1.29, 1.82) is 0 Å². The Kier molecular flexibility index (Phi) is 4.09. The third-order valence-corrected chi connectivity index (χ3v) is 4.88. The van der Waals surface area contributed by atoms with Crippen LogP contribution in [0.5, 0.6) is 0 Å². The van der Waals surface area contributed by atoms with Crippen LogP contribution in [0.2, 0.25) is 5.02 Å². The summed E-state index contributed by atoms with van der Waals surface area (Å²) >= 11 is 6.22.